The molecule has 0 bridgehead atoms. The van der Waals surface area contributed by atoms with Gasteiger partial charge >= 0.3 is 0 Å². The third kappa shape index (κ3) is 4.61. The lowest BCUT2D eigenvalue weighted by molar-refractivity contribution is -0.161. The number of nitrogens with zero attached hydrogens (tertiary/aromatic N) is 3. The second-order valence-electron chi connectivity index (χ2n) is 7.94. The van der Waals surface area contributed by atoms with Gasteiger partial charge in [-0.15, -0.1) is 0 Å². The summed E-state index contributed by atoms with van der Waals surface area (Å²) >= 11 is 0. The summed E-state index contributed by atoms with van der Waals surface area (Å²) < 4.78 is 12.1. The van der Waals surface area contributed by atoms with Gasteiger partial charge in [0.25, 0.3) is 0 Å². The lowest BCUT2D eigenvalue weighted by Crippen LogP contribution is -2.60. The van der Waals surface area contributed by atoms with Crippen LogP contribution in [0.15, 0.2) is 24.5 Å². The highest BCUT2D eigenvalue weighted by atomic mass is 16.5. The first-order valence-corrected chi connectivity index (χ1v) is 9.83. The van der Waals surface area contributed by atoms with Crippen LogP contribution in [0.3, 0.4) is 0 Å². The van der Waals surface area contributed by atoms with Crippen molar-refractivity contribution >= 4 is 5.91 Å². The molecule has 1 atom stereocenters. The van der Waals surface area contributed by atoms with E-state index in [1.165, 1.54) is 12.8 Å². The molecule has 6 heteroatoms. The summed E-state index contributed by atoms with van der Waals surface area (Å²) in [6.45, 7) is 6.23. The van der Waals surface area contributed by atoms with Crippen LogP contribution in [0, 0.1) is 5.92 Å². The predicted octanol–water partition coefficient (Wildman–Crippen LogP) is 1.35. The van der Waals surface area contributed by atoms with E-state index in [0.717, 1.165) is 44.1 Å². The Morgan fingerprint density at radius 2 is 2.19 bits per heavy atom. The quantitative estimate of drug-likeness (QED) is 0.794. The molecule has 2 saturated heterocycles. The molecule has 0 N–H and O–H groups in total. The van der Waals surface area contributed by atoms with Crippen molar-refractivity contribution in [1.29, 1.82) is 0 Å². The SMILES string of the molecule is O=C(CCc1cccnc1)N1CCOC2(COCCN(CC3CC3)C2)C1. The second kappa shape index (κ2) is 8.03. The summed E-state index contributed by atoms with van der Waals surface area (Å²) in [6.07, 6.45) is 7.56. The summed E-state index contributed by atoms with van der Waals surface area (Å²) in [6, 6.07) is 3.94. The summed E-state index contributed by atoms with van der Waals surface area (Å²) in [4.78, 5) is 21.3. The number of aryl methyl sites for hydroxylation is 1. The Hall–Kier alpha value is -1.50. The van der Waals surface area contributed by atoms with Crippen LogP contribution in [0.5, 0.6) is 0 Å². The number of amides is 1. The molecule has 1 amide bonds. The first-order chi connectivity index (χ1) is 12.7. The molecule has 0 aromatic carbocycles. The van der Waals surface area contributed by atoms with Crippen LogP contribution in [-0.4, -0.2) is 78.8 Å². The van der Waals surface area contributed by atoms with Gasteiger partial charge in [0.15, 0.2) is 0 Å². The van der Waals surface area contributed by atoms with Gasteiger partial charge in [-0.2, -0.15) is 0 Å². The summed E-state index contributed by atoms with van der Waals surface area (Å²) in [7, 11) is 0. The number of rotatable bonds is 5. The Bertz CT molecular complexity index is 608. The number of ether oxygens (including phenoxy) is 2. The molecule has 1 saturated carbocycles. The molecule has 0 radical (unpaired) electrons. The molecule has 1 aliphatic carbocycles. The van der Waals surface area contributed by atoms with E-state index in [4.69, 9.17) is 9.47 Å². The molecule has 3 fully saturated rings. The summed E-state index contributed by atoms with van der Waals surface area (Å²) in [5.74, 6) is 1.06. The van der Waals surface area contributed by atoms with Gasteiger partial charge in [0.1, 0.15) is 5.60 Å². The lowest BCUT2D eigenvalue weighted by atomic mass is 10.0. The number of pyridine rings is 1. The van der Waals surface area contributed by atoms with Crippen molar-refractivity contribution in [2.45, 2.75) is 31.3 Å². The van der Waals surface area contributed by atoms with Gasteiger partial charge in [-0.1, -0.05) is 6.07 Å². The maximum absolute atomic E-state index is 12.7. The van der Waals surface area contributed by atoms with Crippen molar-refractivity contribution in [2.75, 3.05) is 52.5 Å². The molecule has 1 unspecified atom stereocenters. The van der Waals surface area contributed by atoms with Crippen LogP contribution in [0.1, 0.15) is 24.8 Å². The highest BCUT2D eigenvalue weighted by Crippen LogP contribution is 2.31. The fourth-order valence-electron chi connectivity index (χ4n) is 4.00. The van der Waals surface area contributed by atoms with Crippen molar-refractivity contribution in [1.82, 2.24) is 14.8 Å². The minimum atomic E-state index is -0.367. The Kier molecular flexibility index (Phi) is 5.52. The summed E-state index contributed by atoms with van der Waals surface area (Å²) in [5, 5.41) is 0. The Balaban J connectivity index is 1.35. The van der Waals surface area contributed by atoms with E-state index < -0.39 is 0 Å². The minimum absolute atomic E-state index is 0.203. The number of morpholine rings is 1. The van der Waals surface area contributed by atoms with E-state index in [1.807, 2.05) is 23.2 Å². The van der Waals surface area contributed by atoms with Crippen molar-refractivity contribution in [3.63, 3.8) is 0 Å². The molecular weight excluding hydrogens is 330 g/mol. The van der Waals surface area contributed by atoms with E-state index in [-0.39, 0.29) is 11.5 Å². The first-order valence-electron chi connectivity index (χ1n) is 9.83. The Morgan fingerprint density at radius 3 is 3.00 bits per heavy atom. The highest BCUT2D eigenvalue weighted by molar-refractivity contribution is 5.76. The average molecular weight is 359 g/mol. The summed E-state index contributed by atoms with van der Waals surface area (Å²) in [5.41, 5.74) is 0.741. The molecule has 1 aromatic heterocycles. The highest BCUT2D eigenvalue weighted by Gasteiger charge is 2.42. The van der Waals surface area contributed by atoms with Crippen LogP contribution in [0.25, 0.3) is 0 Å². The van der Waals surface area contributed by atoms with Crippen molar-refractivity contribution in [3.8, 4) is 0 Å². The van der Waals surface area contributed by atoms with E-state index in [2.05, 4.69) is 9.88 Å². The molecule has 2 aliphatic heterocycles. The van der Waals surface area contributed by atoms with Gasteiger partial charge < -0.3 is 14.4 Å². The smallest absolute Gasteiger partial charge is 0.223 e. The van der Waals surface area contributed by atoms with Crippen LogP contribution >= 0.6 is 0 Å². The largest absolute Gasteiger partial charge is 0.377 e. The van der Waals surface area contributed by atoms with Crippen LogP contribution in [-0.2, 0) is 20.7 Å². The van der Waals surface area contributed by atoms with Gasteiger partial charge in [0.05, 0.1) is 26.4 Å². The van der Waals surface area contributed by atoms with Crippen LogP contribution in [0.4, 0.5) is 0 Å². The zero-order valence-corrected chi connectivity index (χ0v) is 15.4. The number of carbonyl (C=O) groups excluding carboxylic acids is 1. The van der Waals surface area contributed by atoms with Gasteiger partial charge in [0.2, 0.25) is 5.91 Å². The number of aromatic nitrogens is 1. The van der Waals surface area contributed by atoms with Gasteiger partial charge in [-0.05, 0) is 36.8 Å². The Morgan fingerprint density at radius 1 is 1.27 bits per heavy atom. The molecule has 6 nitrogen and oxygen atoms in total. The maximum Gasteiger partial charge on any atom is 0.223 e. The minimum Gasteiger partial charge on any atom is -0.377 e. The third-order valence-electron chi connectivity index (χ3n) is 5.59. The van der Waals surface area contributed by atoms with E-state index in [0.29, 0.717) is 32.7 Å². The molecule has 142 valence electrons. The fourth-order valence-corrected chi connectivity index (χ4v) is 4.00. The average Bonchev–Trinajstić information content (AvgIpc) is 3.49. The van der Waals surface area contributed by atoms with Crippen molar-refractivity contribution < 1.29 is 14.3 Å². The molecular formula is C20H29N3O3. The normalized spacial score (nSPS) is 27.5. The van der Waals surface area contributed by atoms with E-state index >= 15 is 0 Å². The standard InChI is InChI=1S/C20H29N3O3/c24-19(6-5-17-2-1-7-21-12-17)23-9-11-26-20(15-23)14-22(8-10-25-16-20)13-18-3-4-18/h1-2,7,12,18H,3-6,8-11,13-16H2. The predicted molar refractivity (Wildman–Crippen MR) is 97.8 cm³/mol. The topological polar surface area (TPSA) is 54.9 Å². The Labute approximate surface area is 155 Å². The molecule has 26 heavy (non-hydrogen) atoms. The van der Waals surface area contributed by atoms with Gasteiger partial charge in [-0.25, -0.2) is 0 Å². The molecule has 1 aromatic rings. The second-order valence-corrected chi connectivity index (χ2v) is 7.94. The number of carbonyl (C=O) groups is 1. The lowest BCUT2D eigenvalue weighted by Gasteiger charge is -2.43. The van der Waals surface area contributed by atoms with Crippen molar-refractivity contribution in [3.05, 3.63) is 30.1 Å². The number of hydrogen-bond acceptors (Lipinski definition) is 5. The van der Waals surface area contributed by atoms with Gasteiger partial charge in [0, 0.05) is 45.0 Å². The first kappa shape index (κ1) is 17.9. The van der Waals surface area contributed by atoms with Crippen LogP contribution in [0.2, 0.25) is 0 Å². The monoisotopic (exact) mass is 359 g/mol. The zero-order valence-electron chi connectivity index (χ0n) is 15.4. The molecule has 1 spiro atoms. The van der Waals surface area contributed by atoms with Crippen molar-refractivity contribution in [2.24, 2.45) is 5.92 Å². The fraction of sp³-hybridized carbons (Fsp3) is 0.700. The van der Waals surface area contributed by atoms with Crippen LogP contribution < -0.4 is 0 Å². The van der Waals surface area contributed by atoms with E-state index in [1.54, 1.807) is 6.20 Å². The third-order valence-corrected chi connectivity index (χ3v) is 5.59. The number of hydrogen-bond donors (Lipinski definition) is 0. The molecule has 3 aliphatic rings. The maximum atomic E-state index is 12.7. The van der Waals surface area contributed by atoms with E-state index in [9.17, 15) is 4.79 Å². The zero-order chi connectivity index (χ0) is 17.8. The molecule has 4 rings (SSSR count). The van der Waals surface area contributed by atoms with Gasteiger partial charge in [-0.3, -0.25) is 14.7 Å². The molecule has 3 heterocycles.